The number of esters is 1. The lowest BCUT2D eigenvalue weighted by atomic mass is 9.99. The number of rotatable bonds is 5. The maximum Gasteiger partial charge on any atom is 0.308 e. The average molecular weight is 443 g/mol. The highest BCUT2D eigenvalue weighted by molar-refractivity contribution is 7.15. The van der Waals surface area contributed by atoms with Crippen LogP contribution >= 0.6 is 22.9 Å². The first-order valence-electron chi connectivity index (χ1n) is 9.92. The Morgan fingerprint density at radius 1 is 1.20 bits per heavy atom. The highest BCUT2D eigenvalue weighted by Crippen LogP contribution is 2.39. The molecule has 30 heavy (non-hydrogen) atoms. The number of hydrogen-bond donors (Lipinski definition) is 0. The molecule has 8 heteroatoms. The number of benzene rings is 1. The van der Waals surface area contributed by atoms with E-state index in [4.69, 9.17) is 21.3 Å². The van der Waals surface area contributed by atoms with Crippen LogP contribution in [0.4, 0.5) is 0 Å². The van der Waals surface area contributed by atoms with Gasteiger partial charge in [-0.3, -0.25) is 14.4 Å². The van der Waals surface area contributed by atoms with Crippen LogP contribution in [-0.4, -0.2) is 33.1 Å². The van der Waals surface area contributed by atoms with E-state index in [0.29, 0.717) is 17.5 Å². The predicted octanol–water partition coefficient (Wildman–Crippen LogP) is 5.14. The van der Waals surface area contributed by atoms with Gasteiger partial charge in [0.2, 0.25) is 0 Å². The summed E-state index contributed by atoms with van der Waals surface area (Å²) in [6.07, 6.45) is 0.892. The van der Waals surface area contributed by atoms with Gasteiger partial charge in [0.1, 0.15) is 16.9 Å². The summed E-state index contributed by atoms with van der Waals surface area (Å²) in [5, 5.41) is 10.4. The number of hydrogen-bond acceptors (Lipinski definition) is 6. The molecule has 1 aliphatic heterocycles. The van der Waals surface area contributed by atoms with Gasteiger partial charge in [-0.05, 0) is 44.9 Å². The first-order valence-corrected chi connectivity index (χ1v) is 11.1. The smallest absolute Gasteiger partial charge is 0.308 e. The average Bonchev–Trinajstić information content (AvgIpc) is 3.19. The van der Waals surface area contributed by atoms with E-state index in [1.807, 2.05) is 42.7 Å². The zero-order valence-electron chi connectivity index (χ0n) is 17.4. The maximum atomic E-state index is 12.5. The Morgan fingerprint density at radius 2 is 1.93 bits per heavy atom. The van der Waals surface area contributed by atoms with E-state index < -0.39 is 6.04 Å². The Bertz CT molecular complexity index is 1130. The highest BCUT2D eigenvalue weighted by atomic mass is 35.5. The second-order valence-corrected chi connectivity index (χ2v) is 8.97. The lowest BCUT2D eigenvalue weighted by Gasteiger charge is -2.12. The Kier molecular flexibility index (Phi) is 5.75. The standard InChI is InChI=1S/C22H23ClN4O2S/c1-5-10-29-18(28)11-17-21-26-25-14(4)27(21)22-19(12(2)13(3)30-22)20(24-17)15-6-8-16(23)9-7-15/h6-9,17H,5,10-11H2,1-4H3. The van der Waals surface area contributed by atoms with Crippen LogP contribution in [0.2, 0.25) is 5.02 Å². The van der Waals surface area contributed by atoms with E-state index >= 15 is 0 Å². The number of aliphatic imine (C=N–C) groups is 1. The number of aromatic nitrogens is 3. The Hall–Kier alpha value is -2.51. The van der Waals surface area contributed by atoms with Crippen LogP contribution in [0.25, 0.3) is 5.00 Å². The largest absolute Gasteiger partial charge is 0.466 e. The van der Waals surface area contributed by atoms with E-state index in [-0.39, 0.29) is 12.4 Å². The summed E-state index contributed by atoms with van der Waals surface area (Å²) in [7, 11) is 0. The van der Waals surface area contributed by atoms with Crippen LogP contribution in [0.15, 0.2) is 29.3 Å². The Morgan fingerprint density at radius 3 is 2.63 bits per heavy atom. The van der Waals surface area contributed by atoms with Crippen molar-refractivity contribution in [3.63, 3.8) is 0 Å². The summed E-state index contributed by atoms with van der Waals surface area (Å²) < 4.78 is 7.37. The molecule has 0 aliphatic carbocycles. The second kappa shape index (κ2) is 8.32. The summed E-state index contributed by atoms with van der Waals surface area (Å²) in [6, 6.07) is 7.15. The molecule has 1 aromatic carbocycles. The van der Waals surface area contributed by atoms with Gasteiger partial charge in [-0.2, -0.15) is 0 Å². The normalized spacial score (nSPS) is 15.2. The van der Waals surface area contributed by atoms with Crippen LogP contribution < -0.4 is 0 Å². The minimum Gasteiger partial charge on any atom is -0.466 e. The lowest BCUT2D eigenvalue weighted by molar-refractivity contribution is -0.144. The lowest BCUT2D eigenvalue weighted by Crippen LogP contribution is -2.13. The van der Waals surface area contributed by atoms with Crippen molar-refractivity contribution in [2.75, 3.05) is 6.61 Å². The van der Waals surface area contributed by atoms with Crippen molar-refractivity contribution >= 4 is 34.6 Å². The monoisotopic (exact) mass is 442 g/mol. The fourth-order valence-corrected chi connectivity index (χ4v) is 4.91. The molecule has 0 amide bonds. The van der Waals surface area contributed by atoms with Crippen molar-refractivity contribution in [2.45, 2.75) is 46.6 Å². The topological polar surface area (TPSA) is 69.4 Å². The zero-order chi connectivity index (χ0) is 21.4. The van der Waals surface area contributed by atoms with Crippen LogP contribution in [0.5, 0.6) is 0 Å². The van der Waals surface area contributed by atoms with Crippen LogP contribution in [0, 0.1) is 20.8 Å². The number of fused-ring (bicyclic) bond motifs is 3. The maximum absolute atomic E-state index is 12.5. The SMILES string of the molecule is CCCOC(=O)CC1N=C(c2ccc(Cl)cc2)c2c(sc(C)c2C)-n2c(C)nnc21. The van der Waals surface area contributed by atoms with E-state index in [9.17, 15) is 4.79 Å². The first-order chi connectivity index (χ1) is 14.4. The molecule has 1 atom stereocenters. The van der Waals surface area contributed by atoms with E-state index in [1.165, 1.54) is 4.88 Å². The summed E-state index contributed by atoms with van der Waals surface area (Å²) in [5.41, 5.74) is 4.00. The molecule has 0 N–H and O–H groups in total. The Balaban J connectivity index is 1.91. The number of carbonyl (C=O) groups excluding carboxylic acids is 1. The molecule has 0 fully saturated rings. The van der Waals surface area contributed by atoms with Gasteiger partial charge in [0, 0.05) is 21.0 Å². The number of aryl methyl sites for hydroxylation is 2. The first kappa shape index (κ1) is 20.8. The van der Waals surface area contributed by atoms with E-state index in [1.54, 1.807) is 11.3 Å². The molecule has 156 valence electrons. The third-order valence-corrected chi connectivity index (χ3v) is 6.63. The van der Waals surface area contributed by atoms with Gasteiger partial charge in [-0.1, -0.05) is 30.7 Å². The molecule has 0 spiro atoms. The zero-order valence-corrected chi connectivity index (χ0v) is 19.0. The van der Waals surface area contributed by atoms with Gasteiger partial charge >= 0.3 is 5.97 Å². The molecule has 2 aromatic heterocycles. The van der Waals surface area contributed by atoms with Crippen molar-refractivity contribution in [3.8, 4) is 5.00 Å². The fourth-order valence-electron chi connectivity index (χ4n) is 3.57. The summed E-state index contributed by atoms with van der Waals surface area (Å²) in [5.74, 6) is 1.14. The quantitative estimate of drug-likeness (QED) is 0.513. The molecule has 0 bridgehead atoms. The second-order valence-electron chi connectivity index (χ2n) is 7.33. The van der Waals surface area contributed by atoms with Crippen molar-refractivity contribution in [3.05, 3.63) is 62.5 Å². The van der Waals surface area contributed by atoms with Crippen molar-refractivity contribution < 1.29 is 9.53 Å². The fraction of sp³-hybridized carbons (Fsp3) is 0.364. The third-order valence-electron chi connectivity index (χ3n) is 5.18. The molecule has 3 aromatic rings. The molecule has 0 saturated carbocycles. The molecule has 1 aliphatic rings. The van der Waals surface area contributed by atoms with Crippen LogP contribution in [0.1, 0.15) is 59.0 Å². The number of thiophene rings is 1. The summed E-state index contributed by atoms with van der Waals surface area (Å²) in [4.78, 5) is 18.7. The van der Waals surface area contributed by atoms with Gasteiger partial charge in [-0.15, -0.1) is 21.5 Å². The Labute approximate surface area is 184 Å². The van der Waals surface area contributed by atoms with Crippen LogP contribution in [0.3, 0.4) is 0 Å². The van der Waals surface area contributed by atoms with Crippen molar-refractivity contribution in [1.82, 2.24) is 14.8 Å². The van der Waals surface area contributed by atoms with E-state index in [0.717, 1.165) is 39.6 Å². The molecular formula is C22H23ClN4O2S. The van der Waals surface area contributed by atoms with E-state index in [2.05, 4.69) is 24.0 Å². The molecule has 3 heterocycles. The van der Waals surface area contributed by atoms with Crippen LogP contribution in [-0.2, 0) is 9.53 Å². The minimum atomic E-state index is -0.486. The molecule has 0 radical (unpaired) electrons. The third kappa shape index (κ3) is 3.68. The minimum absolute atomic E-state index is 0.113. The summed E-state index contributed by atoms with van der Waals surface area (Å²) >= 11 is 7.81. The summed E-state index contributed by atoms with van der Waals surface area (Å²) in [6.45, 7) is 8.50. The molecule has 4 rings (SSSR count). The molecule has 1 unspecified atom stereocenters. The molecule has 0 saturated heterocycles. The predicted molar refractivity (Wildman–Crippen MR) is 119 cm³/mol. The highest BCUT2D eigenvalue weighted by Gasteiger charge is 2.32. The van der Waals surface area contributed by atoms with Gasteiger partial charge in [0.05, 0.1) is 18.7 Å². The molecule has 6 nitrogen and oxygen atoms in total. The van der Waals surface area contributed by atoms with Gasteiger partial charge < -0.3 is 4.74 Å². The number of ether oxygens (including phenoxy) is 1. The number of halogens is 1. The van der Waals surface area contributed by atoms with Gasteiger partial charge in [-0.25, -0.2) is 0 Å². The number of carbonyl (C=O) groups is 1. The van der Waals surface area contributed by atoms with Crippen molar-refractivity contribution in [2.24, 2.45) is 4.99 Å². The van der Waals surface area contributed by atoms with Gasteiger partial charge in [0.15, 0.2) is 5.82 Å². The number of nitrogens with zero attached hydrogens (tertiary/aromatic N) is 4. The van der Waals surface area contributed by atoms with Gasteiger partial charge in [0.25, 0.3) is 0 Å². The molecular weight excluding hydrogens is 420 g/mol. The van der Waals surface area contributed by atoms with Crippen molar-refractivity contribution in [1.29, 1.82) is 0 Å².